The van der Waals surface area contributed by atoms with Crippen molar-refractivity contribution in [3.8, 4) is 29.0 Å². The van der Waals surface area contributed by atoms with Crippen LogP contribution >= 0.6 is 22.9 Å². The van der Waals surface area contributed by atoms with Gasteiger partial charge in [0.15, 0.2) is 11.6 Å². The number of hydrogen-bond acceptors (Lipinski definition) is 9. The molecule has 52 heavy (non-hydrogen) atoms. The fourth-order valence-electron chi connectivity index (χ4n) is 8.42. The van der Waals surface area contributed by atoms with E-state index in [-0.39, 0.29) is 81.1 Å². The molecule has 3 aliphatic heterocycles. The van der Waals surface area contributed by atoms with E-state index in [9.17, 15) is 36.0 Å². The molecule has 3 fully saturated rings. The normalized spacial score (nSPS) is 25.0. The second kappa shape index (κ2) is 12.3. The molecule has 18 heteroatoms. The van der Waals surface area contributed by atoms with Gasteiger partial charge in [0.05, 0.1) is 44.2 Å². The Labute approximate surface area is 300 Å². The molecule has 276 valence electrons. The molecule has 2 saturated heterocycles. The van der Waals surface area contributed by atoms with Crippen LogP contribution in [0.2, 0.25) is 5.02 Å². The highest BCUT2D eigenvalue weighted by Gasteiger charge is 2.77. The zero-order valence-electron chi connectivity index (χ0n) is 27.1. The van der Waals surface area contributed by atoms with Crippen LogP contribution in [-0.4, -0.2) is 78.1 Å². The Morgan fingerprint density at radius 3 is 2.60 bits per heavy atom. The molecule has 1 saturated carbocycles. The van der Waals surface area contributed by atoms with Crippen LogP contribution in [0.15, 0.2) is 12.1 Å². The number of rotatable bonds is 9. The summed E-state index contributed by atoms with van der Waals surface area (Å²) < 4.78 is 128. The third-order valence-electron chi connectivity index (χ3n) is 10.9. The predicted octanol–water partition coefficient (Wildman–Crippen LogP) is 8.42. The minimum atomic E-state index is -2.99. The molecule has 1 aliphatic carbocycles. The maximum Gasteiger partial charge on any atom is 0.319 e. The number of hydrogen-bond donors (Lipinski definition) is 1. The van der Waals surface area contributed by atoms with Crippen molar-refractivity contribution in [3.05, 3.63) is 34.4 Å². The van der Waals surface area contributed by atoms with Gasteiger partial charge in [-0.1, -0.05) is 17.7 Å². The number of aromatic nitrogens is 2. The van der Waals surface area contributed by atoms with Crippen molar-refractivity contribution in [3.63, 3.8) is 0 Å². The van der Waals surface area contributed by atoms with Gasteiger partial charge < -0.3 is 20.1 Å². The quantitative estimate of drug-likeness (QED) is 0.169. The molecule has 5 heterocycles. The highest BCUT2D eigenvalue weighted by molar-refractivity contribution is 7.23. The molecule has 2 N–H and O–H groups in total. The SMILES string of the molecule is N#Cc1c(N)sc2c(F)ccc(-c3c(Cl)c4c5c(nc(OC[C@@]67CCCN6CC6(CC6(F)F)C7)nc5c3F)N(CC(F)F)C(CCC(F)F)CO4)c12. The number of fused-ring (bicyclic) bond motifs is 2. The van der Waals surface area contributed by atoms with Crippen LogP contribution in [0, 0.1) is 28.4 Å². The van der Waals surface area contributed by atoms with Crippen LogP contribution in [0.4, 0.5) is 45.9 Å². The summed E-state index contributed by atoms with van der Waals surface area (Å²) in [6, 6.07) is 2.58. The van der Waals surface area contributed by atoms with E-state index in [0.717, 1.165) is 28.7 Å². The standard InChI is InChI=1S/C34H29ClF8N6O2S/c35-24-22(16-3-4-18(36)28-21(16)17(8-44)29(45)52-28)25(41)26-23-27(24)50-10-15(2-5-19(37)38)49(9-20(39)40)30(23)47-31(46-26)51-14-33-6-1-7-48(33)13-32(11-33)12-34(32,42)43/h3-4,15,19-20H,1-2,5-7,9-14,45H2/t15?,32?,33-/m0/s1. The summed E-state index contributed by atoms with van der Waals surface area (Å²) in [4.78, 5) is 11.8. The zero-order chi connectivity index (χ0) is 36.9. The monoisotopic (exact) mass is 772 g/mol. The van der Waals surface area contributed by atoms with Gasteiger partial charge in [-0.25, -0.2) is 35.1 Å². The number of nitriles is 1. The number of anilines is 2. The molecular formula is C34H29ClF8N6O2S. The van der Waals surface area contributed by atoms with Gasteiger partial charge in [-0.3, -0.25) is 4.90 Å². The van der Waals surface area contributed by atoms with Crippen LogP contribution in [-0.2, 0) is 0 Å². The smallest absolute Gasteiger partial charge is 0.319 e. The Morgan fingerprint density at radius 1 is 1.13 bits per heavy atom. The van der Waals surface area contributed by atoms with Crippen molar-refractivity contribution in [1.82, 2.24) is 14.9 Å². The number of alkyl halides is 6. The van der Waals surface area contributed by atoms with Crippen molar-refractivity contribution in [1.29, 1.82) is 5.26 Å². The molecule has 0 radical (unpaired) electrons. The minimum Gasteiger partial charge on any atom is -0.489 e. The van der Waals surface area contributed by atoms with E-state index < -0.39 is 83.5 Å². The molecule has 2 unspecified atom stereocenters. The zero-order valence-corrected chi connectivity index (χ0v) is 28.7. The summed E-state index contributed by atoms with van der Waals surface area (Å²) in [5.41, 5.74) is 3.01. The van der Waals surface area contributed by atoms with Gasteiger partial charge >= 0.3 is 6.01 Å². The number of nitrogen functional groups attached to an aromatic ring is 1. The van der Waals surface area contributed by atoms with Gasteiger partial charge in [0, 0.05) is 30.3 Å². The van der Waals surface area contributed by atoms with Crippen molar-refractivity contribution in [2.24, 2.45) is 5.41 Å². The van der Waals surface area contributed by atoms with E-state index in [1.54, 1.807) is 0 Å². The summed E-state index contributed by atoms with van der Waals surface area (Å²) in [5, 5.41) is 9.21. The Hall–Kier alpha value is -3.88. The van der Waals surface area contributed by atoms with Crippen LogP contribution in [0.3, 0.4) is 0 Å². The Balaban J connectivity index is 1.32. The summed E-state index contributed by atoms with van der Waals surface area (Å²) in [6.45, 7) is -0.851. The van der Waals surface area contributed by atoms with E-state index in [2.05, 4.69) is 9.97 Å². The summed E-state index contributed by atoms with van der Waals surface area (Å²) in [7, 11) is 0. The van der Waals surface area contributed by atoms with Crippen LogP contribution in [0.1, 0.15) is 44.1 Å². The van der Waals surface area contributed by atoms with Crippen molar-refractivity contribution >= 4 is 54.7 Å². The molecule has 8 nitrogen and oxygen atoms in total. The summed E-state index contributed by atoms with van der Waals surface area (Å²) in [6.07, 6.45) is -5.59. The number of nitrogens with two attached hydrogens (primary N) is 1. The van der Waals surface area contributed by atoms with E-state index in [4.69, 9.17) is 26.8 Å². The number of thiophene rings is 1. The first-order chi connectivity index (χ1) is 24.7. The molecule has 3 atom stereocenters. The molecule has 2 aromatic heterocycles. The largest absolute Gasteiger partial charge is 0.489 e. The van der Waals surface area contributed by atoms with Crippen molar-refractivity contribution in [2.75, 3.05) is 43.5 Å². The van der Waals surface area contributed by atoms with Gasteiger partial charge in [-0.2, -0.15) is 15.2 Å². The highest BCUT2D eigenvalue weighted by Crippen LogP contribution is 2.69. The van der Waals surface area contributed by atoms with E-state index in [1.165, 1.54) is 6.07 Å². The van der Waals surface area contributed by atoms with E-state index >= 15 is 4.39 Å². The maximum absolute atomic E-state index is 17.2. The number of ether oxygens (including phenoxy) is 2. The maximum atomic E-state index is 17.2. The van der Waals surface area contributed by atoms with Crippen LogP contribution < -0.4 is 20.1 Å². The number of benzene rings is 2. The lowest BCUT2D eigenvalue weighted by Crippen LogP contribution is -2.44. The van der Waals surface area contributed by atoms with Gasteiger partial charge in [0.2, 0.25) is 6.43 Å². The van der Waals surface area contributed by atoms with Gasteiger partial charge in [0.1, 0.15) is 41.4 Å². The molecule has 4 aliphatic rings. The Morgan fingerprint density at radius 2 is 1.90 bits per heavy atom. The van der Waals surface area contributed by atoms with Crippen molar-refractivity contribution < 1.29 is 44.6 Å². The summed E-state index contributed by atoms with van der Waals surface area (Å²) in [5.74, 6) is -5.22. The molecule has 1 spiro atoms. The molecule has 4 aromatic rings. The third kappa shape index (κ3) is 5.38. The highest BCUT2D eigenvalue weighted by atomic mass is 35.5. The predicted molar refractivity (Wildman–Crippen MR) is 178 cm³/mol. The van der Waals surface area contributed by atoms with Crippen LogP contribution in [0.5, 0.6) is 11.8 Å². The number of halogens is 9. The van der Waals surface area contributed by atoms with Crippen LogP contribution in [0.25, 0.3) is 32.1 Å². The summed E-state index contributed by atoms with van der Waals surface area (Å²) >= 11 is 7.65. The second-order valence-electron chi connectivity index (χ2n) is 14.0. The molecular weight excluding hydrogens is 744 g/mol. The van der Waals surface area contributed by atoms with E-state index in [0.29, 0.717) is 13.0 Å². The number of nitrogens with zero attached hydrogens (tertiary/aromatic N) is 5. The van der Waals surface area contributed by atoms with Gasteiger partial charge in [-0.05, 0) is 43.9 Å². The van der Waals surface area contributed by atoms with Crippen molar-refractivity contribution in [2.45, 2.75) is 68.9 Å². The topological polar surface area (TPSA) is 101 Å². The second-order valence-corrected chi connectivity index (χ2v) is 15.4. The fraction of sp³-hybridized carbons (Fsp3) is 0.500. The Kier molecular flexibility index (Phi) is 8.35. The molecule has 0 amide bonds. The van der Waals surface area contributed by atoms with Gasteiger partial charge in [-0.15, -0.1) is 11.3 Å². The minimum absolute atomic E-state index is 0.0293. The first-order valence-electron chi connectivity index (χ1n) is 16.5. The average Bonchev–Trinajstić information content (AvgIpc) is 3.35. The van der Waals surface area contributed by atoms with E-state index in [1.807, 2.05) is 11.0 Å². The third-order valence-corrected chi connectivity index (χ3v) is 12.3. The van der Waals surface area contributed by atoms with Gasteiger partial charge in [0.25, 0.3) is 12.3 Å². The lowest BCUT2D eigenvalue weighted by molar-refractivity contribution is 0.0647. The Bertz CT molecular complexity index is 2170. The lowest BCUT2D eigenvalue weighted by atomic mass is 9.89. The molecule has 0 bridgehead atoms. The first-order valence-corrected chi connectivity index (χ1v) is 17.7. The fourth-order valence-corrected chi connectivity index (χ4v) is 9.71. The average molecular weight is 773 g/mol. The lowest BCUT2D eigenvalue weighted by Gasteiger charge is -2.32. The molecule has 2 aromatic carbocycles. The first kappa shape index (κ1) is 35.2. The molecule has 8 rings (SSSR count).